The van der Waals surface area contributed by atoms with Crippen LogP contribution >= 0.6 is 0 Å². The standard InChI is InChI=1S/C9H17N3O/c1-4-9(13)7(3)12-6(2)8(10)5-11-12/h5,7,9,13H,4,10H2,1-3H3. The Labute approximate surface area is 78.4 Å². The largest absolute Gasteiger partial charge is 0.396 e. The van der Waals surface area contributed by atoms with E-state index in [1.807, 2.05) is 20.8 Å². The zero-order valence-electron chi connectivity index (χ0n) is 8.36. The maximum Gasteiger partial charge on any atom is 0.0759 e. The quantitative estimate of drug-likeness (QED) is 0.737. The van der Waals surface area contributed by atoms with E-state index >= 15 is 0 Å². The Kier molecular flexibility index (Phi) is 2.93. The number of hydrogen-bond donors (Lipinski definition) is 2. The number of nitrogens with zero attached hydrogens (tertiary/aromatic N) is 2. The van der Waals surface area contributed by atoms with Crippen molar-refractivity contribution < 1.29 is 5.11 Å². The van der Waals surface area contributed by atoms with E-state index < -0.39 is 0 Å². The van der Waals surface area contributed by atoms with Crippen molar-refractivity contribution in [3.63, 3.8) is 0 Å². The lowest BCUT2D eigenvalue weighted by Crippen LogP contribution is -2.22. The van der Waals surface area contributed by atoms with Crippen LogP contribution in [0, 0.1) is 6.92 Å². The van der Waals surface area contributed by atoms with Crippen molar-refractivity contribution in [1.82, 2.24) is 9.78 Å². The first-order valence-electron chi connectivity index (χ1n) is 4.55. The van der Waals surface area contributed by atoms with Gasteiger partial charge in [0.25, 0.3) is 0 Å². The monoisotopic (exact) mass is 183 g/mol. The second-order valence-corrected chi connectivity index (χ2v) is 3.35. The minimum Gasteiger partial charge on any atom is -0.396 e. The normalized spacial score (nSPS) is 15.7. The number of hydrogen-bond acceptors (Lipinski definition) is 3. The van der Waals surface area contributed by atoms with Crippen molar-refractivity contribution >= 4 is 5.69 Å². The first-order chi connectivity index (χ1) is 6.07. The van der Waals surface area contributed by atoms with Gasteiger partial charge in [-0.3, -0.25) is 4.68 Å². The molecule has 0 radical (unpaired) electrons. The molecule has 0 spiro atoms. The molecule has 0 aliphatic heterocycles. The molecule has 4 nitrogen and oxygen atoms in total. The van der Waals surface area contributed by atoms with Crippen molar-refractivity contribution in [2.24, 2.45) is 0 Å². The van der Waals surface area contributed by atoms with Crippen LogP contribution in [0.1, 0.15) is 32.0 Å². The van der Waals surface area contributed by atoms with Crippen LogP contribution in [0.5, 0.6) is 0 Å². The fourth-order valence-electron chi connectivity index (χ4n) is 1.35. The lowest BCUT2D eigenvalue weighted by atomic mass is 10.1. The summed E-state index contributed by atoms with van der Waals surface area (Å²) in [5.74, 6) is 0. The van der Waals surface area contributed by atoms with Crippen molar-refractivity contribution in [1.29, 1.82) is 0 Å². The number of nitrogens with two attached hydrogens (primary N) is 1. The number of nitrogen functional groups attached to an aromatic ring is 1. The van der Waals surface area contributed by atoms with Crippen LogP contribution in [0.3, 0.4) is 0 Å². The molecule has 0 amide bonds. The minimum absolute atomic E-state index is 0.0118. The van der Waals surface area contributed by atoms with Gasteiger partial charge in [0.2, 0.25) is 0 Å². The van der Waals surface area contributed by atoms with Crippen molar-refractivity contribution in [2.45, 2.75) is 39.3 Å². The van der Waals surface area contributed by atoms with E-state index in [1.54, 1.807) is 10.9 Å². The van der Waals surface area contributed by atoms with Gasteiger partial charge in [0.15, 0.2) is 0 Å². The summed E-state index contributed by atoms with van der Waals surface area (Å²) in [5.41, 5.74) is 7.25. The highest BCUT2D eigenvalue weighted by molar-refractivity contribution is 5.39. The molecule has 0 fully saturated rings. The molecule has 2 unspecified atom stereocenters. The second kappa shape index (κ2) is 3.79. The molecular formula is C9H17N3O. The molecule has 0 saturated carbocycles. The molecular weight excluding hydrogens is 166 g/mol. The van der Waals surface area contributed by atoms with Gasteiger partial charge >= 0.3 is 0 Å². The summed E-state index contributed by atoms with van der Waals surface area (Å²) < 4.78 is 1.77. The molecule has 1 aromatic heterocycles. The molecule has 13 heavy (non-hydrogen) atoms. The lowest BCUT2D eigenvalue weighted by Gasteiger charge is -2.19. The van der Waals surface area contributed by atoms with Crippen molar-refractivity contribution in [2.75, 3.05) is 5.73 Å². The Morgan fingerprint density at radius 1 is 1.69 bits per heavy atom. The van der Waals surface area contributed by atoms with E-state index in [9.17, 15) is 5.11 Å². The Morgan fingerprint density at radius 3 is 2.69 bits per heavy atom. The number of aliphatic hydroxyl groups is 1. The van der Waals surface area contributed by atoms with Gasteiger partial charge in [0.05, 0.1) is 29.7 Å². The second-order valence-electron chi connectivity index (χ2n) is 3.35. The van der Waals surface area contributed by atoms with E-state index in [1.165, 1.54) is 0 Å². The van der Waals surface area contributed by atoms with Crippen LogP contribution in [0.2, 0.25) is 0 Å². The SMILES string of the molecule is CCC(O)C(C)n1ncc(N)c1C. The van der Waals surface area contributed by atoms with Gasteiger partial charge in [-0.2, -0.15) is 5.10 Å². The molecule has 74 valence electrons. The molecule has 1 heterocycles. The van der Waals surface area contributed by atoms with Crippen LogP contribution in [0.15, 0.2) is 6.20 Å². The van der Waals surface area contributed by atoms with Gasteiger partial charge in [0.1, 0.15) is 0 Å². The Balaban J connectivity index is 2.88. The maximum absolute atomic E-state index is 9.61. The smallest absolute Gasteiger partial charge is 0.0759 e. The summed E-state index contributed by atoms with van der Waals surface area (Å²) in [7, 11) is 0. The zero-order valence-corrected chi connectivity index (χ0v) is 8.36. The molecule has 0 aromatic carbocycles. The molecule has 0 aliphatic carbocycles. The summed E-state index contributed by atoms with van der Waals surface area (Å²) in [4.78, 5) is 0. The van der Waals surface area contributed by atoms with Gasteiger partial charge in [-0.25, -0.2) is 0 Å². The van der Waals surface area contributed by atoms with Crippen LogP contribution < -0.4 is 5.73 Å². The molecule has 1 rings (SSSR count). The summed E-state index contributed by atoms with van der Waals surface area (Å²) in [6, 6.07) is -0.0118. The molecule has 1 aromatic rings. The first kappa shape index (κ1) is 10.1. The average Bonchev–Trinajstić information content (AvgIpc) is 2.45. The number of anilines is 1. The van der Waals surface area contributed by atoms with Crippen molar-refractivity contribution in [3.05, 3.63) is 11.9 Å². The molecule has 0 saturated heterocycles. The van der Waals surface area contributed by atoms with E-state index in [-0.39, 0.29) is 12.1 Å². The predicted molar refractivity (Wildman–Crippen MR) is 52.4 cm³/mol. The zero-order chi connectivity index (χ0) is 10.0. The Hall–Kier alpha value is -1.03. The predicted octanol–water partition coefficient (Wildman–Crippen LogP) is 1.11. The van der Waals surface area contributed by atoms with Gasteiger partial charge in [-0.15, -0.1) is 0 Å². The van der Waals surface area contributed by atoms with Gasteiger partial charge in [0, 0.05) is 0 Å². The van der Waals surface area contributed by atoms with Crippen LogP contribution in [-0.2, 0) is 0 Å². The molecule has 4 heteroatoms. The Bertz CT molecular complexity index is 282. The Morgan fingerprint density at radius 2 is 2.31 bits per heavy atom. The molecule has 2 atom stereocenters. The van der Waals surface area contributed by atoms with E-state index in [2.05, 4.69) is 5.10 Å². The highest BCUT2D eigenvalue weighted by Gasteiger charge is 2.17. The minimum atomic E-state index is -0.363. The van der Waals surface area contributed by atoms with E-state index in [4.69, 9.17) is 5.73 Å². The third-order valence-corrected chi connectivity index (χ3v) is 2.44. The summed E-state index contributed by atoms with van der Waals surface area (Å²) in [6.07, 6.45) is 1.98. The maximum atomic E-state index is 9.61. The van der Waals surface area contributed by atoms with Gasteiger partial charge in [-0.1, -0.05) is 6.92 Å². The van der Waals surface area contributed by atoms with Crippen LogP contribution in [0.4, 0.5) is 5.69 Å². The van der Waals surface area contributed by atoms with Crippen molar-refractivity contribution in [3.8, 4) is 0 Å². The fourth-order valence-corrected chi connectivity index (χ4v) is 1.35. The highest BCUT2D eigenvalue weighted by atomic mass is 16.3. The number of rotatable bonds is 3. The fraction of sp³-hybridized carbons (Fsp3) is 0.667. The first-order valence-corrected chi connectivity index (χ1v) is 4.55. The molecule has 3 N–H and O–H groups in total. The van der Waals surface area contributed by atoms with E-state index in [0.717, 1.165) is 12.1 Å². The molecule has 0 aliphatic rings. The summed E-state index contributed by atoms with van der Waals surface area (Å²) in [5, 5.41) is 13.7. The average molecular weight is 183 g/mol. The lowest BCUT2D eigenvalue weighted by molar-refractivity contribution is 0.110. The summed E-state index contributed by atoms with van der Waals surface area (Å²) in [6.45, 7) is 5.79. The third kappa shape index (κ3) is 1.83. The van der Waals surface area contributed by atoms with E-state index in [0.29, 0.717) is 5.69 Å². The number of aromatic nitrogens is 2. The third-order valence-electron chi connectivity index (χ3n) is 2.44. The van der Waals surface area contributed by atoms with Crippen LogP contribution in [-0.4, -0.2) is 21.0 Å². The van der Waals surface area contributed by atoms with Crippen LogP contribution in [0.25, 0.3) is 0 Å². The molecule has 0 bridgehead atoms. The topological polar surface area (TPSA) is 64.1 Å². The number of aliphatic hydroxyl groups excluding tert-OH is 1. The highest BCUT2D eigenvalue weighted by Crippen LogP contribution is 2.18. The summed E-state index contributed by atoms with van der Waals surface area (Å²) >= 11 is 0. The van der Waals surface area contributed by atoms with Gasteiger partial charge < -0.3 is 10.8 Å². The van der Waals surface area contributed by atoms with Gasteiger partial charge in [-0.05, 0) is 20.3 Å².